The largest absolute Gasteiger partial charge is 0.369 e. The normalized spacial score (nSPS) is 19.6. The number of ketones is 1. The molecular formula is C43H83N5O5S. The molecule has 0 radical (unpaired) electrons. The quantitative estimate of drug-likeness (QED) is 0.0695. The molecule has 1 aliphatic heterocycles. The molecule has 5 atom stereocenters. The third kappa shape index (κ3) is 20.5. The number of carbonyl (C=O) groups excluding carboxylic acids is 4. The number of unbranched alkanes of at least 4 members (excludes halogenated alkanes) is 3. The Hall–Kier alpha value is -2.43. The Morgan fingerprint density at radius 1 is 0.926 bits per heavy atom. The van der Waals surface area contributed by atoms with Crippen molar-refractivity contribution < 1.29 is 23.4 Å². The van der Waals surface area contributed by atoms with E-state index in [0.29, 0.717) is 24.2 Å². The SMILES string of the molecule is C=C(NC(CCCCCC)CS(=O)C(C)(C)C)NC(C(=O)N1CCC(C(C)C)C1C(=O)NCC(C)=O)C(C)(C)CC.CC.CCC1CC1.O=CNC1CC1. The van der Waals surface area contributed by atoms with Crippen molar-refractivity contribution >= 4 is 34.8 Å². The molecule has 3 rings (SSSR count). The Balaban J connectivity index is 0.00000180. The molecule has 0 aromatic heterocycles. The average Bonchev–Trinajstić information content (AvgIpc) is 4.06. The van der Waals surface area contributed by atoms with Gasteiger partial charge in [-0.3, -0.25) is 23.4 Å². The first kappa shape index (κ1) is 51.6. The second-order valence-electron chi connectivity index (χ2n) is 17.2. The van der Waals surface area contributed by atoms with Gasteiger partial charge in [0.05, 0.1) is 12.4 Å². The van der Waals surface area contributed by atoms with E-state index in [4.69, 9.17) is 0 Å². The summed E-state index contributed by atoms with van der Waals surface area (Å²) in [5.41, 5.74) is -0.428. The minimum atomic E-state index is -1.03. The van der Waals surface area contributed by atoms with Crippen LogP contribution in [-0.2, 0) is 30.0 Å². The number of nitrogens with zero attached hydrogens (tertiary/aromatic N) is 1. The smallest absolute Gasteiger partial charge is 0.246 e. The average molecular weight is 782 g/mol. The molecule has 2 saturated carbocycles. The van der Waals surface area contributed by atoms with E-state index < -0.39 is 28.3 Å². The second kappa shape index (κ2) is 26.4. The van der Waals surface area contributed by atoms with Crippen LogP contribution in [0.1, 0.15) is 167 Å². The number of rotatable bonds is 21. The van der Waals surface area contributed by atoms with E-state index in [1.807, 2.05) is 48.5 Å². The summed E-state index contributed by atoms with van der Waals surface area (Å²) in [6.07, 6.45) is 14.4. The van der Waals surface area contributed by atoms with Crippen molar-refractivity contribution in [3.63, 3.8) is 0 Å². The maximum absolute atomic E-state index is 14.2. The first-order valence-electron chi connectivity index (χ1n) is 21.2. The van der Waals surface area contributed by atoms with Gasteiger partial charge in [-0.2, -0.15) is 0 Å². The van der Waals surface area contributed by atoms with Crippen LogP contribution >= 0.6 is 0 Å². The third-order valence-electron chi connectivity index (χ3n) is 10.6. The van der Waals surface area contributed by atoms with Crippen LogP contribution in [0.25, 0.3) is 0 Å². The molecule has 316 valence electrons. The van der Waals surface area contributed by atoms with Crippen LogP contribution in [0.2, 0.25) is 0 Å². The highest BCUT2D eigenvalue weighted by Crippen LogP contribution is 2.35. The lowest BCUT2D eigenvalue weighted by molar-refractivity contribution is -0.143. The maximum Gasteiger partial charge on any atom is 0.246 e. The Kier molecular flexibility index (Phi) is 25.2. The van der Waals surface area contributed by atoms with E-state index in [0.717, 1.165) is 50.9 Å². The predicted molar refractivity (Wildman–Crippen MR) is 227 cm³/mol. The second-order valence-corrected chi connectivity index (χ2v) is 19.5. The van der Waals surface area contributed by atoms with Crippen LogP contribution in [0.3, 0.4) is 0 Å². The summed E-state index contributed by atoms with van der Waals surface area (Å²) in [4.78, 5) is 50.3. The van der Waals surface area contributed by atoms with Gasteiger partial charge in [0.1, 0.15) is 17.9 Å². The first-order valence-corrected chi connectivity index (χ1v) is 22.5. The molecule has 54 heavy (non-hydrogen) atoms. The van der Waals surface area contributed by atoms with Crippen LogP contribution in [-0.4, -0.2) is 80.9 Å². The lowest BCUT2D eigenvalue weighted by Gasteiger charge is -2.39. The summed E-state index contributed by atoms with van der Waals surface area (Å²) in [6, 6.07) is -0.743. The zero-order valence-corrected chi connectivity index (χ0v) is 37.6. The fraction of sp³-hybridized carbons (Fsp3) is 0.860. The van der Waals surface area contributed by atoms with E-state index in [1.54, 1.807) is 4.90 Å². The van der Waals surface area contributed by atoms with Crippen molar-refractivity contribution in [3.8, 4) is 0 Å². The predicted octanol–water partition coefficient (Wildman–Crippen LogP) is 7.63. The molecule has 0 aromatic carbocycles. The highest BCUT2D eigenvalue weighted by molar-refractivity contribution is 7.86. The van der Waals surface area contributed by atoms with Gasteiger partial charge >= 0.3 is 0 Å². The zero-order valence-electron chi connectivity index (χ0n) is 36.8. The number of nitrogens with one attached hydrogen (secondary N) is 4. The van der Waals surface area contributed by atoms with Crippen LogP contribution < -0.4 is 21.3 Å². The van der Waals surface area contributed by atoms with E-state index in [2.05, 4.69) is 62.5 Å². The number of amides is 3. The summed E-state index contributed by atoms with van der Waals surface area (Å²) < 4.78 is 12.7. The molecule has 3 amide bonds. The van der Waals surface area contributed by atoms with Gasteiger partial charge < -0.3 is 26.2 Å². The van der Waals surface area contributed by atoms with E-state index in [1.165, 1.54) is 45.4 Å². The van der Waals surface area contributed by atoms with Gasteiger partial charge in [-0.05, 0) is 83.0 Å². The van der Waals surface area contributed by atoms with E-state index in [9.17, 15) is 23.4 Å². The lowest BCUT2D eigenvalue weighted by atomic mass is 9.80. The molecule has 1 heterocycles. The Morgan fingerprint density at radius 3 is 1.94 bits per heavy atom. The fourth-order valence-corrected chi connectivity index (χ4v) is 7.27. The molecule has 0 aromatic rings. The van der Waals surface area contributed by atoms with E-state index in [-0.39, 0.29) is 46.8 Å². The van der Waals surface area contributed by atoms with Crippen LogP contribution in [0.4, 0.5) is 0 Å². The van der Waals surface area contributed by atoms with Gasteiger partial charge in [-0.1, -0.05) is 114 Å². The lowest BCUT2D eigenvalue weighted by Crippen LogP contribution is -2.59. The van der Waals surface area contributed by atoms with Crippen molar-refractivity contribution in [2.24, 2.45) is 23.2 Å². The molecule has 3 aliphatic rings. The van der Waals surface area contributed by atoms with Gasteiger partial charge in [0, 0.05) is 39.9 Å². The van der Waals surface area contributed by atoms with Crippen molar-refractivity contribution in [2.45, 2.75) is 196 Å². The molecule has 11 heteroatoms. The Bertz CT molecular complexity index is 1150. The van der Waals surface area contributed by atoms with E-state index >= 15 is 0 Å². The summed E-state index contributed by atoms with van der Waals surface area (Å²) >= 11 is 0. The number of hydrogen-bond acceptors (Lipinski definition) is 7. The molecule has 10 nitrogen and oxygen atoms in total. The van der Waals surface area contributed by atoms with Crippen molar-refractivity contribution in [1.29, 1.82) is 0 Å². The van der Waals surface area contributed by atoms with Gasteiger partial charge in [0.2, 0.25) is 18.2 Å². The monoisotopic (exact) mass is 782 g/mol. The molecule has 3 fully saturated rings. The number of Topliss-reactive ketones (excluding diaryl/α,β-unsaturated/α-hetero) is 1. The maximum atomic E-state index is 14.2. The summed E-state index contributed by atoms with van der Waals surface area (Å²) in [5, 5.41) is 12.3. The van der Waals surface area contributed by atoms with Crippen molar-refractivity contribution in [1.82, 2.24) is 26.2 Å². The Labute approximate surface area is 333 Å². The van der Waals surface area contributed by atoms with Crippen LogP contribution in [0.15, 0.2) is 12.4 Å². The summed E-state index contributed by atoms with van der Waals surface area (Å²) in [5.74, 6) is 1.87. The molecule has 4 N–H and O–H groups in total. The number of likely N-dealkylation sites (tertiary alicyclic amines) is 1. The summed E-state index contributed by atoms with van der Waals surface area (Å²) in [7, 11) is -1.03. The summed E-state index contributed by atoms with van der Waals surface area (Å²) in [6.45, 7) is 30.9. The topological polar surface area (TPSA) is 137 Å². The van der Waals surface area contributed by atoms with Gasteiger partial charge in [0.25, 0.3) is 0 Å². The van der Waals surface area contributed by atoms with Gasteiger partial charge in [-0.25, -0.2) is 0 Å². The molecule has 5 unspecified atom stereocenters. The van der Waals surface area contributed by atoms with Gasteiger partial charge in [-0.15, -0.1) is 0 Å². The van der Waals surface area contributed by atoms with Gasteiger partial charge in [0.15, 0.2) is 0 Å². The highest BCUT2D eigenvalue weighted by atomic mass is 32.2. The zero-order chi connectivity index (χ0) is 41.6. The first-order chi connectivity index (χ1) is 25.3. The number of carbonyl (C=O) groups is 4. The van der Waals surface area contributed by atoms with Crippen LogP contribution in [0, 0.1) is 23.2 Å². The Morgan fingerprint density at radius 2 is 1.54 bits per heavy atom. The molecule has 1 saturated heterocycles. The highest BCUT2D eigenvalue weighted by Gasteiger charge is 2.47. The third-order valence-corrected chi connectivity index (χ3v) is 12.7. The molecular weight excluding hydrogens is 699 g/mol. The standard InChI is InChI=1S/C32H60N4O4S.C5H10.C4H7NO.C2H6/c1-12-14-15-16-17-25(21-41(40)31(7,8)9)34-24(6)35-28(32(10,11)13-2)30(39)36-19-18-26(22(3)4)27(36)29(38)33-20-23(5)37;1-2-5-3-4-5;6-3-5-4-1-2-4;1-2/h22,25-28,34-35H,6,12-21H2,1-5,7-11H3,(H,33,38);5H,2-4H2,1H3;3-4H,1-2H2,(H,5,6);1-2H3. The minimum absolute atomic E-state index is 0.0116. The molecule has 0 bridgehead atoms. The molecule has 2 aliphatic carbocycles. The molecule has 0 spiro atoms. The van der Waals surface area contributed by atoms with Crippen molar-refractivity contribution in [3.05, 3.63) is 12.4 Å². The van der Waals surface area contributed by atoms with Crippen LogP contribution in [0.5, 0.6) is 0 Å². The minimum Gasteiger partial charge on any atom is -0.369 e. The number of hydrogen-bond donors (Lipinski definition) is 4. The van der Waals surface area contributed by atoms with Crippen molar-refractivity contribution in [2.75, 3.05) is 18.8 Å². The fourth-order valence-electron chi connectivity index (χ4n) is 6.16.